The minimum atomic E-state index is -0.718. The van der Waals surface area contributed by atoms with Crippen LogP contribution in [0.4, 0.5) is 0 Å². The Morgan fingerprint density at radius 3 is 2.68 bits per heavy atom. The van der Waals surface area contributed by atoms with Crippen LogP contribution in [0.3, 0.4) is 0 Å². The van der Waals surface area contributed by atoms with E-state index in [-0.39, 0.29) is 30.5 Å². The van der Waals surface area contributed by atoms with Gasteiger partial charge in [0.05, 0.1) is 5.56 Å². The van der Waals surface area contributed by atoms with Gasteiger partial charge in [-0.05, 0) is 20.3 Å². The summed E-state index contributed by atoms with van der Waals surface area (Å²) in [6.45, 7) is 5.26. The Bertz CT molecular complexity index is 573. The normalized spacial score (nSPS) is 12.2. The van der Waals surface area contributed by atoms with Crippen molar-refractivity contribution >= 4 is 5.91 Å². The molecule has 1 atom stereocenters. The van der Waals surface area contributed by atoms with E-state index in [1.807, 2.05) is 13.8 Å². The van der Waals surface area contributed by atoms with Crippen molar-refractivity contribution in [3.8, 4) is 5.88 Å². The third kappa shape index (κ3) is 3.70. The van der Waals surface area contributed by atoms with Crippen molar-refractivity contribution in [2.45, 2.75) is 46.2 Å². The Kier molecular flexibility index (Phi) is 4.91. The number of hydrogen-bond donors (Lipinski definition) is 3. The summed E-state index contributed by atoms with van der Waals surface area (Å²) >= 11 is 0. The van der Waals surface area contributed by atoms with Crippen molar-refractivity contribution in [1.29, 1.82) is 0 Å². The number of amides is 1. The topological polar surface area (TPSA) is 104 Å². The highest BCUT2D eigenvalue weighted by molar-refractivity contribution is 5.76. The number of nitrogens with one attached hydrogen (secondary N) is 2. The zero-order chi connectivity index (χ0) is 14.6. The molecule has 1 heterocycles. The lowest BCUT2D eigenvalue weighted by atomic mass is 10.2. The second kappa shape index (κ2) is 6.21. The number of H-pyrrole nitrogens is 1. The second-order valence-electron chi connectivity index (χ2n) is 4.49. The van der Waals surface area contributed by atoms with E-state index >= 15 is 0 Å². The number of aromatic amines is 1. The molecule has 1 amide bonds. The van der Waals surface area contributed by atoms with Gasteiger partial charge in [0, 0.05) is 19.0 Å². The van der Waals surface area contributed by atoms with Gasteiger partial charge in [0.15, 0.2) is 0 Å². The Balaban J connectivity index is 2.79. The number of aromatic nitrogens is 2. The summed E-state index contributed by atoms with van der Waals surface area (Å²) in [5, 5.41) is 12.5. The van der Waals surface area contributed by atoms with Crippen molar-refractivity contribution in [3.63, 3.8) is 0 Å². The minimum Gasteiger partial charge on any atom is -0.494 e. The van der Waals surface area contributed by atoms with Crippen LogP contribution in [-0.2, 0) is 11.3 Å². The number of carbonyl (C=O) groups is 1. The first-order chi connectivity index (χ1) is 8.86. The molecule has 0 aliphatic heterocycles. The highest BCUT2D eigenvalue weighted by atomic mass is 16.3. The molecule has 19 heavy (non-hydrogen) atoms. The average molecular weight is 269 g/mol. The molecule has 0 aliphatic carbocycles. The molecule has 1 aromatic heterocycles. The van der Waals surface area contributed by atoms with Gasteiger partial charge in [0.1, 0.15) is 0 Å². The Hall–Kier alpha value is -2.05. The maximum Gasteiger partial charge on any atom is 0.331 e. The SMILES string of the molecule is CCC(C)NC(=O)CCn1c(O)c(C)c(=O)[nH]c1=O. The number of rotatable bonds is 5. The van der Waals surface area contributed by atoms with Crippen LogP contribution in [0.15, 0.2) is 9.59 Å². The largest absolute Gasteiger partial charge is 0.494 e. The highest BCUT2D eigenvalue weighted by Crippen LogP contribution is 2.08. The van der Waals surface area contributed by atoms with E-state index in [1.165, 1.54) is 6.92 Å². The number of nitrogens with zero attached hydrogens (tertiary/aromatic N) is 1. The van der Waals surface area contributed by atoms with E-state index in [9.17, 15) is 19.5 Å². The summed E-state index contributed by atoms with van der Waals surface area (Å²) in [5.74, 6) is -0.602. The van der Waals surface area contributed by atoms with Crippen LogP contribution >= 0.6 is 0 Å². The first-order valence-corrected chi connectivity index (χ1v) is 6.18. The fraction of sp³-hybridized carbons (Fsp3) is 0.583. The summed E-state index contributed by atoms with van der Waals surface area (Å²) in [4.78, 5) is 36.4. The summed E-state index contributed by atoms with van der Waals surface area (Å²) in [6.07, 6.45) is 0.873. The van der Waals surface area contributed by atoms with Gasteiger partial charge in [-0.3, -0.25) is 19.1 Å². The van der Waals surface area contributed by atoms with E-state index in [4.69, 9.17) is 0 Å². The van der Waals surface area contributed by atoms with Crippen molar-refractivity contribution in [3.05, 3.63) is 26.4 Å². The van der Waals surface area contributed by atoms with Crippen LogP contribution in [0.5, 0.6) is 5.88 Å². The smallest absolute Gasteiger partial charge is 0.331 e. The van der Waals surface area contributed by atoms with Gasteiger partial charge in [-0.1, -0.05) is 6.92 Å². The molecule has 106 valence electrons. The number of hydrogen-bond acceptors (Lipinski definition) is 4. The lowest BCUT2D eigenvalue weighted by Gasteiger charge is -2.12. The van der Waals surface area contributed by atoms with Gasteiger partial charge < -0.3 is 10.4 Å². The third-order valence-electron chi connectivity index (χ3n) is 2.98. The minimum absolute atomic E-state index is 0.0184. The monoisotopic (exact) mass is 269 g/mol. The Labute approximate surface area is 110 Å². The lowest BCUT2D eigenvalue weighted by molar-refractivity contribution is -0.121. The van der Waals surface area contributed by atoms with Gasteiger partial charge in [0.2, 0.25) is 11.8 Å². The van der Waals surface area contributed by atoms with E-state index in [2.05, 4.69) is 10.3 Å². The summed E-state index contributed by atoms with van der Waals surface area (Å²) < 4.78 is 0.979. The number of carbonyl (C=O) groups excluding carboxylic acids is 1. The molecule has 1 rings (SSSR count). The summed E-state index contributed by atoms with van der Waals surface area (Å²) in [5.41, 5.74) is -1.28. The fourth-order valence-corrected chi connectivity index (χ4v) is 1.53. The van der Waals surface area contributed by atoms with Crippen LogP contribution in [-0.4, -0.2) is 26.6 Å². The Morgan fingerprint density at radius 2 is 2.11 bits per heavy atom. The van der Waals surface area contributed by atoms with Crippen molar-refractivity contribution in [1.82, 2.24) is 14.9 Å². The molecular weight excluding hydrogens is 250 g/mol. The van der Waals surface area contributed by atoms with E-state index in [0.29, 0.717) is 0 Å². The summed E-state index contributed by atoms with van der Waals surface area (Å²) in [6, 6.07) is 0.0649. The van der Waals surface area contributed by atoms with Crippen LogP contribution in [0.2, 0.25) is 0 Å². The predicted molar refractivity (Wildman–Crippen MR) is 70.2 cm³/mol. The maximum atomic E-state index is 11.6. The van der Waals surface area contributed by atoms with Crippen LogP contribution in [0.1, 0.15) is 32.3 Å². The standard InChI is InChI=1S/C12H19N3O4/c1-4-7(2)13-9(16)5-6-15-11(18)8(3)10(17)14-12(15)19/h7,18H,4-6H2,1-3H3,(H,13,16)(H,14,17,19). The van der Waals surface area contributed by atoms with Crippen LogP contribution < -0.4 is 16.6 Å². The average Bonchev–Trinajstić information content (AvgIpc) is 2.35. The van der Waals surface area contributed by atoms with Gasteiger partial charge in [-0.2, -0.15) is 0 Å². The Morgan fingerprint density at radius 1 is 1.47 bits per heavy atom. The highest BCUT2D eigenvalue weighted by Gasteiger charge is 2.12. The fourth-order valence-electron chi connectivity index (χ4n) is 1.53. The molecule has 1 aromatic rings. The van der Waals surface area contributed by atoms with Crippen LogP contribution in [0, 0.1) is 6.92 Å². The molecule has 0 saturated heterocycles. The molecule has 0 fully saturated rings. The molecule has 0 saturated carbocycles. The lowest BCUT2D eigenvalue weighted by Crippen LogP contribution is -2.35. The van der Waals surface area contributed by atoms with Gasteiger partial charge >= 0.3 is 5.69 Å². The quantitative estimate of drug-likeness (QED) is 0.691. The molecule has 0 bridgehead atoms. The molecule has 0 spiro atoms. The van der Waals surface area contributed by atoms with Gasteiger partial charge in [-0.15, -0.1) is 0 Å². The molecule has 1 unspecified atom stereocenters. The first-order valence-electron chi connectivity index (χ1n) is 6.18. The first kappa shape index (κ1) is 15.0. The molecular formula is C12H19N3O4. The summed E-state index contributed by atoms with van der Waals surface area (Å²) in [7, 11) is 0. The third-order valence-corrected chi connectivity index (χ3v) is 2.98. The van der Waals surface area contributed by atoms with Crippen LogP contribution in [0.25, 0.3) is 0 Å². The van der Waals surface area contributed by atoms with Crippen molar-refractivity contribution in [2.24, 2.45) is 0 Å². The van der Waals surface area contributed by atoms with E-state index in [0.717, 1.165) is 11.0 Å². The molecule has 7 heteroatoms. The molecule has 7 nitrogen and oxygen atoms in total. The molecule has 0 aliphatic rings. The molecule has 0 aromatic carbocycles. The zero-order valence-electron chi connectivity index (χ0n) is 11.3. The molecule has 3 N–H and O–H groups in total. The van der Waals surface area contributed by atoms with E-state index < -0.39 is 17.1 Å². The number of aromatic hydroxyl groups is 1. The maximum absolute atomic E-state index is 11.6. The van der Waals surface area contributed by atoms with E-state index in [1.54, 1.807) is 0 Å². The van der Waals surface area contributed by atoms with Crippen molar-refractivity contribution in [2.75, 3.05) is 0 Å². The van der Waals surface area contributed by atoms with Crippen molar-refractivity contribution < 1.29 is 9.90 Å². The predicted octanol–water partition coefficient (Wildman–Crippen LogP) is -0.145. The zero-order valence-corrected chi connectivity index (χ0v) is 11.3. The van der Waals surface area contributed by atoms with Gasteiger partial charge in [0.25, 0.3) is 5.56 Å². The van der Waals surface area contributed by atoms with Gasteiger partial charge in [-0.25, -0.2) is 4.79 Å². The second-order valence-corrected chi connectivity index (χ2v) is 4.49. The molecule has 0 radical (unpaired) electrons.